The molecule has 1 fully saturated rings. The van der Waals surface area contributed by atoms with Gasteiger partial charge in [-0.3, -0.25) is 20.5 Å². The maximum absolute atomic E-state index is 4.00. The van der Waals surface area contributed by atoms with Crippen molar-refractivity contribution in [3.05, 3.63) is 198 Å². The molecule has 1 aliphatic carbocycles. The Bertz CT molecular complexity index is 3180. The van der Waals surface area contributed by atoms with E-state index in [2.05, 4.69) is 206 Å². The highest BCUT2D eigenvalue weighted by Crippen LogP contribution is 2.41. The lowest BCUT2D eigenvalue weighted by atomic mass is 9.90. The number of aryl methyl sites for hydroxylation is 1. The van der Waals surface area contributed by atoms with Crippen LogP contribution in [0.15, 0.2) is 181 Å². The summed E-state index contributed by atoms with van der Waals surface area (Å²) in [6.07, 6.45) is 8.97. The molecule has 3 unspecified atom stereocenters. The van der Waals surface area contributed by atoms with E-state index in [-0.39, 0.29) is 18.5 Å². The molecule has 3 aliphatic rings. The summed E-state index contributed by atoms with van der Waals surface area (Å²) in [6.45, 7) is 0.696. The van der Waals surface area contributed by atoms with Gasteiger partial charge in [-0.1, -0.05) is 140 Å². The van der Waals surface area contributed by atoms with Crippen LogP contribution in [0.5, 0.6) is 0 Å². The number of fused-ring (bicyclic) bond motifs is 9. The van der Waals surface area contributed by atoms with Crippen LogP contribution < -0.4 is 21.3 Å². The second-order valence-corrected chi connectivity index (χ2v) is 15.9. The van der Waals surface area contributed by atoms with Gasteiger partial charge in [-0.2, -0.15) is 0 Å². The van der Waals surface area contributed by atoms with Gasteiger partial charge in [0.05, 0.1) is 40.6 Å². The van der Waals surface area contributed by atoms with Crippen LogP contribution in [-0.2, 0) is 6.42 Å². The fraction of sp³-hybridized carbons (Fsp3) is 0.115. The summed E-state index contributed by atoms with van der Waals surface area (Å²) in [7, 11) is 0. The van der Waals surface area contributed by atoms with Crippen LogP contribution in [0.2, 0.25) is 0 Å². The number of hydrogen-bond donors (Lipinski definition) is 4. The minimum atomic E-state index is -0.0587. The molecule has 4 N–H and O–H groups in total. The highest BCUT2D eigenvalue weighted by Gasteiger charge is 2.33. The number of hydrogen-bond acceptors (Lipinski definition) is 4. The molecule has 0 bridgehead atoms. The zero-order chi connectivity index (χ0) is 38.2. The van der Waals surface area contributed by atoms with Crippen molar-refractivity contribution in [2.45, 2.75) is 31.3 Å². The Kier molecular flexibility index (Phi) is 7.76. The zero-order valence-electron chi connectivity index (χ0n) is 32.0. The largest absolute Gasteiger partial charge is 0.367 e. The van der Waals surface area contributed by atoms with Gasteiger partial charge < -0.3 is 9.88 Å². The number of nitrogens with one attached hydrogen (secondary N) is 4. The van der Waals surface area contributed by atoms with E-state index in [1.54, 1.807) is 0 Å². The van der Waals surface area contributed by atoms with Gasteiger partial charge in [-0.05, 0) is 87.9 Å². The van der Waals surface area contributed by atoms with E-state index < -0.39 is 0 Å². The number of dihydropyridines is 1. The Hall–Kier alpha value is -6.70. The first-order valence-corrected chi connectivity index (χ1v) is 20.5. The van der Waals surface area contributed by atoms with Gasteiger partial charge in [0, 0.05) is 33.8 Å². The summed E-state index contributed by atoms with van der Waals surface area (Å²) in [5.74, 6) is 1.07. The van der Waals surface area contributed by atoms with Crippen molar-refractivity contribution in [3.63, 3.8) is 0 Å². The van der Waals surface area contributed by atoms with Crippen molar-refractivity contribution < 1.29 is 0 Å². The second-order valence-electron chi connectivity index (χ2n) is 15.9. The van der Waals surface area contributed by atoms with Crippen LogP contribution in [0, 0.1) is 0 Å². The van der Waals surface area contributed by atoms with Crippen molar-refractivity contribution in [1.29, 1.82) is 0 Å². The number of aromatic nitrogens is 2. The lowest BCUT2D eigenvalue weighted by molar-refractivity contribution is 0.237. The molecule has 0 spiro atoms. The third-order valence-corrected chi connectivity index (χ3v) is 12.6. The molecule has 9 aromatic rings. The quantitative estimate of drug-likeness (QED) is 0.142. The molecule has 0 radical (unpaired) electrons. The molecular weight excluding hydrogens is 709 g/mol. The van der Waals surface area contributed by atoms with E-state index in [9.17, 15) is 0 Å². The molecule has 6 nitrogen and oxygen atoms in total. The Labute approximate surface area is 336 Å². The van der Waals surface area contributed by atoms with Crippen LogP contribution in [-0.4, -0.2) is 28.0 Å². The summed E-state index contributed by atoms with van der Waals surface area (Å²) < 4.78 is 4.90. The van der Waals surface area contributed by atoms with Crippen molar-refractivity contribution in [2.75, 3.05) is 6.54 Å². The first-order chi connectivity index (χ1) is 28.7. The predicted octanol–water partition coefficient (Wildman–Crippen LogP) is 10.5. The number of benzene rings is 7. The van der Waals surface area contributed by atoms with Crippen LogP contribution in [0.25, 0.3) is 72.0 Å². The van der Waals surface area contributed by atoms with Crippen molar-refractivity contribution >= 4 is 66.3 Å². The summed E-state index contributed by atoms with van der Waals surface area (Å²) in [6, 6.07) is 57.3. The molecule has 0 amide bonds. The maximum atomic E-state index is 4.00. The minimum absolute atomic E-state index is 0.00729. The lowest BCUT2D eigenvalue weighted by Crippen LogP contribution is -2.65. The summed E-state index contributed by atoms with van der Waals surface area (Å²) in [5.41, 5.74) is 12.6. The Morgan fingerprint density at radius 2 is 1.10 bits per heavy atom. The first kappa shape index (κ1) is 33.4. The monoisotopic (exact) mass is 750 g/mol. The topological polar surface area (TPSA) is 58.0 Å². The van der Waals surface area contributed by atoms with Gasteiger partial charge in [-0.25, -0.2) is 0 Å². The molecule has 0 saturated carbocycles. The van der Waals surface area contributed by atoms with Crippen molar-refractivity contribution in [3.8, 4) is 5.69 Å². The van der Waals surface area contributed by atoms with Crippen molar-refractivity contribution in [2.24, 2.45) is 0 Å². The Balaban J connectivity index is 0.987. The Morgan fingerprint density at radius 1 is 0.466 bits per heavy atom. The normalized spacial score (nSPS) is 19.6. The van der Waals surface area contributed by atoms with Gasteiger partial charge in [0.15, 0.2) is 0 Å². The standard InChI is InChI=1S/C52H42N6/c1-2-16-40(17-3-1)57-45-20-10-8-18-41(45)43-27-28-44-42-19-9-11-21-46(42)58(49(44)48(43)57)47-29-26-39(32-53-47)52-55-50(37-24-22-33-12-4-6-14-35(33)30-37)54-51(56-52)38-25-23-34-13-5-7-15-36(34)31-38/h1-22,24,26-31,50-56H,23,25,32H2. The van der Waals surface area contributed by atoms with E-state index >= 15 is 0 Å². The zero-order valence-corrected chi connectivity index (χ0v) is 32.0. The van der Waals surface area contributed by atoms with E-state index in [4.69, 9.17) is 0 Å². The Morgan fingerprint density at radius 3 is 1.88 bits per heavy atom. The predicted molar refractivity (Wildman–Crippen MR) is 241 cm³/mol. The van der Waals surface area contributed by atoms with E-state index in [0.29, 0.717) is 6.54 Å². The van der Waals surface area contributed by atoms with Gasteiger partial charge in [0.25, 0.3) is 0 Å². The molecule has 3 atom stereocenters. The van der Waals surface area contributed by atoms with E-state index in [1.807, 2.05) is 0 Å². The molecule has 58 heavy (non-hydrogen) atoms. The maximum Gasteiger partial charge on any atom is 0.111 e. The van der Waals surface area contributed by atoms with Crippen LogP contribution in [0.4, 0.5) is 0 Å². The van der Waals surface area contributed by atoms with Gasteiger partial charge in [0.1, 0.15) is 5.82 Å². The van der Waals surface area contributed by atoms with Crippen LogP contribution >= 0.6 is 0 Å². The SMILES string of the molecule is C1=C(C2NC(C3=CC=C(n4c5ccccc5c5ccc6c7ccccc7n(-c7ccccc7)c6c54)NC3)NC(c3ccc4ccccc4c3)N2)CCc2ccccc21. The molecule has 2 aromatic heterocycles. The minimum Gasteiger partial charge on any atom is -0.367 e. The average molecular weight is 751 g/mol. The molecule has 7 aromatic carbocycles. The fourth-order valence-electron chi connectivity index (χ4n) is 9.78. The first-order valence-electron chi connectivity index (χ1n) is 20.5. The molecular formula is C52H42N6. The number of rotatable bonds is 5. The summed E-state index contributed by atoms with van der Waals surface area (Å²) >= 11 is 0. The van der Waals surface area contributed by atoms with E-state index in [1.165, 1.54) is 82.2 Å². The molecule has 12 rings (SSSR count). The molecule has 6 heteroatoms. The molecule has 2 aliphatic heterocycles. The van der Waals surface area contributed by atoms with Crippen LogP contribution in [0.3, 0.4) is 0 Å². The smallest absolute Gasteiger partial charge is 0.111 e. The lowest BCUT2D eigenvalue weighted by Gasteiger charge is -2.42. The molecule has 4 heterocycles. The summed E-state index contributed by atoms with van der Waals surface area (Å²) in [4.78, 5) is 0. The summed E-state index contributed by atoms with van der Waals surface area (Å²) in [5, 5.41) is 23.3. The number of allylic oxidation sites excluding steroid dienone is 2. The third-order valence-electron chi connectivity index (χ3n) is 12.6. The van der Waals surface area contributed by atoms with Crippen LogP contribution in [0.1, 0.15) is 29.3 Å². The van der Waals surface area contributed by atoms with Gasteiger partial charge in [-0.15, -0.1) is 0 Å². The third kappa shape index (κ3) is 5.37. The highest BCUT2D eigenvalue weighted by molar-refractivity contribution is 6.24. The highest BCUT2D eigenvalue weighted by atomic mass is 15.4. The van der Waals surface area contributed by atoms with Crippen molar-refractivity contribution in [1.82, 2.24) is 30.4 Å². The van der Waals surface area contributed by atoms with Gasteiger partial charge >= 0.3 is 0 Å². The number of nitrogens with zero attached hydrogens (tertiary/aromatic N) is 2. The fourth-order valence-corrected chi connectivity index (χ4v) is 9.78. The van der Waals surface area contributed by atoms with Gasteiger partial charge in [0.2, 0.25) is 0 Å². The van der Waals surface area contributed by atoms with E-state index in [0.717, 1.165) is 24.4 Å². The second kappa shape index (κ2) is 13.5. The number of para-hydroxylation sites is 3. The average Bonchev–Trinajstić information content (AvgIpc) is 3.82. The molecule has 280 valence electrons. The molecule has 1 saturated heterocycles.